The molecule has 1 heterocycles. The number of aliphatic hydroxyl groups is 1. The fraction of sp³-hybridized carbons (Fsp3) is 0.417. The van der Waals surface area contributed by atoms with Crippen LogP contribution >= 0.6 is 15.9 Å². The van der Waals surface area contributed by atoms with Gasteiger partial charge in [0.05, 0.1) is 12.6 Å². The number of aliphatic hydroxyl groups excluding tert-OH is 1. The van der Waals surface area contributed by atoms with Gasteiger partial charge in [-0.15, -0.1) is 0 Å². The van der Waals surface area contributed by atoms with E-state index in [9.17, 15) is 9.90 Å². The van der Waals surface area contributed by atoms with Crippen LogP contribution in [0.25, 0.3) is 0 Å². The van der Waals surface area contributed by atoms with Crippen LogP contribution in [0.4, 0.5) is 4.79 Å². The van der Waals surface area contributed by atoms with E-state index < -0.39 is 12.2 Å². The highest BCUT2D eigenvalue weighted by Gasteiger charge is 2.23. The Labute approximate surface area is 113 Å². The Morgan fingerprint density at radius 1 is 1.67 bits per heavy atom. The Kier molecular flexibility index (Phi) is 4.08. The van der Waals surface area contributed by atoms with E-state index in [1.165, 1.54) is 0 Å². The minimum Gasteiger partial charge on any atom is -0.489 e. The highest BCUT2D eigenvalue weighted by molar-refractivity contribution is 9.10. The third-order valence-corrected chi connectivity index (χ3v) is 3.09. The molecule has 0 radical (unpaired) electrons. The van der Waals surface area contributed by atoms with Gasteiger partial charge in [-0.3, -0.25) is 0 Å². The van der Waals surface area contributed by atoms with Gasteiger partial charge in [0.25, 0.3) is 0 Å². The lowest BCUT2D eigenvalue weighted by molar-refractivity contribution is 0.102. The second kappa shape index (κ2) is 5.58. The molecule has 0 aromatic heterocycles. The molecule has 0 aliphatic carbocycles. The van der Waals surface area contributed by atoms with E-state index in [-0.39, 0.29) is 12.7 Å². The van der Waals surface area contributed by atoms with E-state index in [2.05, 4.69) is 21.2 Å². The van der Waals surface area contributed by atoms with Crippen LogP contribution in [0, 0.1) is 0 Å². The third-order valence-electron chi connectivity index (χ3n) is 2.60. The van der Waals surface area contributed by atoms with Crippen molar-refractivity contribution in [2.45, 2.75) is 19.1 Å². The quantitative estimate of drug-likeness (QED) is 0.891. The Bertz CT molecular complexity index is 450. The first-order valence-electron chi connectivity index (χ1n) is 5.61. The molecule has 1 amide bonds. The van der Waals surface area contributed by atoms with E-state index in [1.807, 2.05) is 6.07 Å². The number of carbonyl (C=O) groups excluding carboxylic acids is 1. The number of halogens is 1. The van der Waals surface area contributed by atoms with Crippen LogP contribution in [0.1, 0.15) is 18.6 Å². The largest absolute Gasteiger partial charge is 0.489 e. The molecule has 0 saturated carbocycles. The second-order valence-corrected chi connectivity index (χ2v) is 4.99. The fourth-order valence-corrected chi connectivity index (χ4v) is 2.03. The third kappa shape index (κ3) is 3.14. The van der Waals surface area contributed by atoms with Crippen LogP contribution in [0.15, 0.2) is 22.7 Å². The molecule has 1 saturated heterocycles. The molecule has 2 rings (SSSR count). The lowest BCUT2D eigenvalue weighted by Gasteiger charge is -2.15. The number of rotatable bonds is 4. The summed E-state index contributed by atoms with van der Waals surface area (Å²) in [6.45, 7) is 2.37. The van der Waals surface area contributed by atoms with Crippen molar-refractivity contribution in [3.05, 3.63) is 28.2 Å². The van der Waals surface area contributed by atoms with Gasteiger partial charge in [0, 0.05) is 10.0 Å². The van der Waals surface area contributed by atoms with Crippen molar-refractivity contribution in [3.63, 3.8) is 0 Å². The number of cyclic esters (lactones) is 1. The van der Waals surface area contributed by atoms with Gasteiger partial charge in [-0.25, -0.2) is 4.79 Å². The summed E-state index contributed by atoms with van der Waals surface area (Å²) in [6.07, 6.45) is -1.33. The SMILES string of the molecule is CC(O)c1ccc(Br)cc1OCC1CNC(=O)O1. The molecule has 1 fully saturated rings. The Morgan fingerprint density at radius 3 is 3.06 bits per heavy atom. The number of alkyl carbamates (subject to hydrolysis) is 1. The average molecular weight is 316 g/mol. The monoisotopic (exact) mass is 315 g/mol. The summed E-state index contributed by atoms with van der Waals surface area (Å²) in [5.74, 6) is 0.585. The Morgan fingerprint density at radius 2 is 2.44 bits per heavy atom. The van der Waals surface area contributed by atoms with Crippen LogP contribution < -0.4 is 10.1 Å². The highest BCUT2D eigenvalue weighted by atomic mass is 79.9. The number of carbonyl (C=O) groups is 1. The van der Waals surface area contributed by atoms with Crippen molar-refractivity contribution >= 4 is 22.0 Å². The van der Waals surface area contributed by atoms with Crippen molar-refractivity contribution in [1.29, 1.82) is 0 Å². The Balaban J connectivity index is 2.03. The topological polar surface area (TPSA) is 67.8 Å². The van der Waals surface area contributed by atoms with Crippen molar-refractivity contribution in [3.8, 4) is 5.75 Å². The molecule has 18 heavy (non-hydrogen) atoms. The number of nitrogens with one attached hydrogen (secondary N) is 1. The molecule has 5 nitrogen and oxygen atoms in total. The van der Waals surface area contributed by atoms with Crippen LogP contribution in [-0.4, -0.2) is 30.5 Å². The molecular weight excluding hydrogens is 302 g/mol. The first kappa shape index (κ1) is 13.2. The lowest BCUT2D eigenvalue weighted by atomic mass is 10.1. The van der Waals surface area contributed by atoms with Gasteiger partial charge in [-0.05, 0) is 19.1 Å². The summed E-state index contributed by atoms with van der Waals surface area (Å²) in [4.78, 5) is 10.9. The van der Waals surface area contributed by atoms with E-state index in [4.69, 9.17) is 9.47 Å². The number of amides is 1. The fourth-order valence-electron chi connectivity index (χ4n) is 1.69. The first-order valence-corrected chi connectivity index (χ1v) is 6.40. The molecule has 0 spiro atoms. The summed E-state index contributed by atoms with van der Waals surface area (Å²) in [6, 6.07) is 5.42. The van der Waals surface area contributed by atoms with Gasteiger partial charge in [-0.2, -0.15) is 0 Å². The van der Waals surface area contributed by atoms with Gasteiger partial charge in [-0.1, -0.05) is 22.0 Å². The smallest absolute Gasteiger partial charge is 0.407 e. The van der Waals surface area contributed by atoms with Gasteiger partial charge >= 0.3 is 6.09 Å². The zero-order valence-corrected chi connectivity index (χ0v) is 11.4. The maximum absolute atomic E-state index is 10.9. The van der Waals surface area contributed by atoms with E-state index in [1.54, 1.807) is 19.1 Å². The van der Waals surface area contributed by atoms with E-state index in [0.717, 1.165) is 4.47 Å². The molecular formula is C12H14BrNO4. The molecule has 0 bridgehead atoms. The molecule has 1 aliphatic rings. The van der Waals surface area contributed by atoms with Crippen molar-refractivity contribution in [2.75, 3.05) is 13.2 Å². The van der Waals surface area contributed by atoms with Crippen molar-refractivity contribution < 1.29 is 19.4 Å². The van der Waals surface area contributed by atoms with Gasteiger partial charge in [0.1, 0.15) is 12.4 Å². The van der Waals surface area contributed by atoms with Gasteiger partial charge in [0.15, 0.2) is 6.10 Å². The van der Waals surface area contributed by atoms with Crippen molar-refractivity contribution in [1.82, 2.24) is 5.32 Å². The lowest BCUT2D eigenvalue weighted by Crippen LogP contribution is -2.22. The Hall–Kier alpha value is -1.27. The van der Waals surface area contributed by atoms with Gasteiger partial charge in [0.2, 0.25) is 0 Å². The van der Waals surface area contributed by atoms with E-state index in [0.29, 0.717) is 17.9 Å². The summed E-state index contributed by atoms with van der Waals surface area (Å²) in [7, 11) is 0. The summed E-state index contributed by atoms with van der Waals surface area (Å²) >= 11 is 3.35. The van der Waals surface area contributed by atoms with Crippen LogP contribution in [0.2, 0.25) is 0 Å². The summed E-state index contributed by atoms with van der Waals surface area (Å²) < 4.78 is 11.4. The normalized spacial score (nSPS) is 20.2. The van der Waals surface area contributed by atoms with E-state index >= 15 is 0 Å². The standard InChI is InChI=1S/C12H14BrNO4/c1-7(15)10-3-2-8(13)4-11(10)17-6-9-5-14-12(16)18-9/h2-4,7,9,15H,5-6H2,1H3,(H,14,16). The van der Waals surface area contributed by atoms with Crippen LogP contribution in [0.5, 0.6) is 5.75 Å². The number of benzene rings is 1. The predicted octanol–water partition coefficient (Wildman–Crippen LogP) is 1.99. The summed E-state index contributed by atoms with van der Waals surface area (Å²) in [5, 5.41) is 12.2. The molecule has 1 aromatic rings. The molecule has 1 aromatic carbocycles. The predicted molar refractivity (Wildman–Crippen MR) is 68.5 cm³/mol. The molecule has 2 unspecified atom stereocenters. The molecule has 2 atom stereocenters. The average Bonchev–Trinajstić information content (AvgIpc) is 2.72. The molecule has 98 valence electrons. The first-order chi connectivity index (χ1) is 8.56. The minimum atomic E-state index is -0.614. The highest BCUT2D eigenvalue weighted by Crippen LogP contribution is 2.28. The maximum atomic E-state index is 10.9. The zero-order valence-electron chi connectivity index (χ0n) is 9.85. The second-order valence-electron chi connectivity index (χ2n) is 4.08. The minimum absolute atomic E-state index is 0.259. The summed E-state index contributed by atoms with van der Waals surface area (Å²) in [5.41, 5.74) is 0.704. The van der Waals surface area contributed by atoms with Gasteiger partial charge < -0.3 is 19.9 Å². The number of hydrogen-bond acceptors (Lipinski definition) is 4. The molecule has 6 heteroatoms. The number of hydrogen-bond donors (Lipinski definition) is 2. The number of ether oxygens (including phenoxy) is 2. The molecule has 2 N–H and O–H groups in total. The maximum Gasteiger partial charge on any atom is 0.407 e. The van der Waals surface area contributed by atoms with Crippen LogP contribution in [0.3, 0.4) is 0 Å². The van der Waals surface area contributed by atoms with Crippen molar-refractivity contribution in [2.24, 2.45) is 0 Å². The molecule has 1 aliphatic heterocycles. The van der Waals surface area contributed by atoms with Crippen LogP contribution in [-0.2, 0) is 4.74 Å². The zero-order chi connectivity index (χ0) is 13.1.